The van der Waals surface area contributed by atoms with Crippen molar-refractivity contribution in [3.63, 3.8) is 0 Å². The van der Waals surface area contributed by atoms with Crippen LogP contribution in [0.5, 0.6) is 17.2 Å². The molecule has 1 atom stereocenters. The minimum atomic E-state index is 0.150. The highest BCUT2D eigenvalue weighted by Gasteiger charge is 2.25. The van der Waals surface area contributed by atoms with Gasteiger partial charge in [-0.2, -0.15) is 0 Å². The van der Waals surface area contributed by atoms with Gasteiger partial charge in [0.1, 0.15) is 5.75 Å². The van der Waals surface area contributed by atoms with Gasteiger partial charge in [-0.3, -0.25) is 4.90 Å². The summed E-state index contributed by atoms with van der Waals surface area (Å²) in [5.41, 5.74) is 2.42. The Kier molecular flexibility index (Phi) is 6.36. The van der Waals surface area contributed by atoms with Crippen molar-refractivity contribution in [2.45, 2.75) is 13.0 Å². The third-order valence-corrected chi connectivity index (χ3v) is 4.72. The van der Waals surface area contributed by atoms with E-state index in [0.717, 1.165) is 43.4 Å². The van der Waals surface area contributed by atoms with Gasteiger partial charge in [-0.05, 0) is 42.3 Å². The van der Waals surface area contributed by atoms with Crippen LogP contribution in [0.3, 0.4) is 0 Å². The minimum absolute atomic E-state index is 0.150. The first-order chi connectivity index (χ1) is 12.8. The van der Waals surface area contributed by atoms with Crippen molar-refractivity contribution in [2.24, 2.45) is 0 Å². The van der Waals surface area contributed by atoms with E-state index in [2.05, 4.69) is 40.5 Å². The highest BCUT2D eigenvalue weighted by atomic mass is 16.5. The number of methoxy groups -OCH3 is 2. The van der Waals surface area contributed by atoms with Gasteiger partial charge in [0.25, 0.3) is 0 Å². The molecule has 5 heteroatoms. The molecule has 2 aromatic rings. The second-order valence-corrected chi connectivity index (χ2v) is 6.31. The smallest absolute Gasteiger partial charge is 0.161 e. The average Bonchev–Trinajstić information content (AvgIpc) is 2.69. The van der Waals surface area contributed by atoms with Gasteiger partial charge < -0.3 is 19.5 Å². The molecule has 0 saturated carbocycles. The van der Waals surface area contributed by atoms with Crippen molar-refractivity contribution in [1.82, 2.24) is 10.2 Å². The van der Waals surface area contributed by atoms with Crippen LogP contribution in [-0.4, -0.2) is 51.9 Å². The predicted octanol–water partition coefficient (Wildman–Crippen LogP) is 3.10. The molecule has 5 nitrogen and oxygen atoms in total. The summed E-state index contributed by atoms with van der Waals surface area (Å²) in [5, 5.41) is 3.43. The number of ether oxygens (including phenoxy) is 3. The minimum Gasteiger partial charge on any atom is -0.494 e. The standard InChI is InChI=1S/C21H28N2O3/c1-4-26-18-7-5-6-16(14-18)21(23-12-10-22-11-13-23)17-8-9-19(24-2)20(15-17)25-3/h5-9,14-15,21-22H,4,10-13H2,1-3H3. The third kappa shape index (κ3) is 4.11. The van der Waals surface area contributed by atoms with E-state index in [1.807, 2.05) is 19.1 Å². The molecular formula is C21H28N2O3. The Hall–Kier alpha value is -2.24. The fourth-order valence-electron chi connectivity index (χ4n) is 3.52. The molecule has 3 rings (SSSR count). The maximum atomic E-state index is 5.73. The zero-order valence-corrected chi connectivity index (χ0v) is 15.8. The van der Waals surface area contributed by atoms with E-state index < -0.39 is 0 Å². The van der Waals surface area contributed by atoms with Crippen molar-refractivity contribution in [2.75, 3.05) is 47.0 Å². The van der Waals surface area contributed by atoms with Crippen LogP contribution in [-0.2, 0) is 0 Å². The molecule has 0 aliphatic carbocycles. The molecule has 1 unspecified atom stereocenters. The molecule has 1 fully saturated rings. The van der Waals surface area contributed by atoms with Crippen LogP contribution in [0.4, 0.5) is 0 Å². The molecule has 0 amide bonds. The Balaban J connectivity index is 2.02. The van der Waals surface area contributed by atoms with Crippen LogP contribution in [0.15, 0.2) is 42.5 Å². The first-order valence-electron chi connectivity index (χ1n) is 9.16. The summed E-state index contributed by atoms with van der Waals surface area (Å²) in [5.74, 6) is 2.41. The second kappa shape index (κ2) is 8.92. The average molecular weight is 356 g/mol. The quantitative estimate of drug-likeness (QED) is 0.826. The van der Waals surface area contributed by atoms with Gasteiger partial charge in [0, 0.05) is 26.2 Å². The molecule has 1 N–H and O–H groups in total. The fraction of sp³-hybridized carbons (Fsp3) is 0.429. The van der Waals surface area contributed by atoms with Gasteiger partial charge in [0.05, 0.1) is 26.9 Å². The topological polar surface area (TPSA) is 43.0 Å². The van der Waals surface area contributed by atoms with E-state index >= 15 is 0 Å². The van der Waals surface area contributed by atoms with Crippen LogP contribution < -0.4 is 19.5 Å². The molecule has 0 aromatic heterocycles. The molecule has 2 aromatic carbocycles. The number of hydrogen-bond acceptors (Lipinski definition) is 5. The lowest BCUT2D eigenvalue weighted by atomic mass is 9.95. The molecule has 1 aliphatic rings. The van der Waals surface area contributed by atoms with E-state index in [1.165, 1.54) is 11.1 Å². The summed E-state index contributed by atoms with van der Waals surface area (Å²) in [6.45, 7) is 6.66. The Morgan fingerprint density at radius 3 is 2.38 bits per heavy atom. The highest BCUT2D eigenvalue weighted by molar-refractivity contribution is 5.46. The summed E-state index contributed by atoms with van der Waals surface area (Å²) >= 11 is 0. The zero-order chi connectivity index (χ0) is 18.4. The van der Waals surface area contributed by atoms with Gasteiger partial charge in [-0.1, -0.05) is 18.2 Å². The fourth-order valence-corrected chi connectivity index (χ4v) is 3.52. The molecule has 1 heterocycles. The summed E-state index contributed by atoms with van der Waals surface area (Å²) in [7, 11) is 3.34. The number of piperazine rings is 1. The normalized spacial score (nSPS) is 16.1. The van der Waals surface area contributed by atoms with Gasteiger partial charge in [-0.25, -0.2) is 0 Å². The predicted molar refractivity (Wildman–Crippen MR) is 103 cm³/mol. The van der Waals surface area contributed by atoms with Crippen molar-refractivity contribution in [3.8, 4) is 17.2 Å². The summed E-state index contributed by atoms with van der Waals surface area (Å²) < 4.78 is 16.7. The molecule has 0 spiro atoms. The van der Waals surface area contributed by atoms with Crippen LogP contribution in [0.25, 0.3) is 0 Å². The van der Waals surface area contributed by atoms with Gasteiger partial charge in [0.15, 0.2) is 11.5 Å². The molecule has 0 bridgehead atoms. The van der Waals surface area contributed by atoms with Crippen molar-refractivity contribution < 1.29 is 14.2 Å². The largest absolute Gasteiger partial charge is 0.494 e. The number of nitrogens with one attached hydrogen (secondary N) is 1. The summed E-state index contributed by atoms with van der Waals surface area (Å²) in [6, 6.07) is 14.7. The SMILES string of the molecule is CCOc1cccc(C(c2ccc(OC)c(OC)c2)N2CCNCC2)c1. The second-order valence-electron chi connectivity index (χ2n) is 6.31. The van der Waals surface area contributed by atoms with Gasteiger partial charge >= 0.3 is 0 Å². The van der Waals surface area contributed by atoms with E-state index in [9.17, 15) is 0 Å². The first-order valence-corrected chi connectivity index (χ1v) is 9.16. The van der Waals surface area contributed by atoms with Crippen LogP contribution >= 0.6 is 0 Å². The summed E-state index contributed by atoms with van der Waals surface area (Å²) in [4.78, 5) is 2.50. The lowest BCUT2D eigenvalue weighted by Gasteiger charge is -2.36. The molecule has 26 heavy (non-hydrogen) atoms. The Morgan fingerprint density at radius 1 is 0.962 bits per heavy atom. The van der Waals surface area contributed by atoms with Crippen molar-refractivity contribution in [1.29, 1.82) is 0 Å². The Bertz CT molecular complexity index is 714. The van der Waals surface area contributed by atoms with Crippen LogP contribution in [0.1, 0.15) is 24.1 Å². The molecule has 140 valence electrons. The zero-order valence-electron chi connectivity index (χ0n) is 15.8. The highest BCUT2D eigenvalue weighted by Crippen LogP contribution is 2.36. The van der Waals surface area contributed by atoms with E-state index in [-0.39, 0.29) is 6.04 Å². The number of hydrogen-bond donors (Lipinski definition) is 1. The molecule has 1 saturated heterocycles. The van der Waals surface area contributed by atoms with E-state index in [4.69, 9.17) is 14.2 Å². The van der Waals surface area contributed by atoms with Gasteiger partial charge in [0.2, 0.25) is 0 Å². The number of nitrogens with zero attached hydrogens (tertiary/aromatic N) is 1. The lowest BCUT2D eigenvalue weighted by molar-refractivity contribution is 0.197. The number of rotatable bonds is 7. The van der Waals surface area contributed by atoms with E-state index in [1.54, 1.807) is 14.2 Å². The van der Waals surface area contributed by atoms with E-state index in [0.29, 0.717) is 6.61 Å². The Labute approximate surface area is 155 Å². The number of benzene rings is 2. The Morgan fingerprint density at radius 2 is 1.69 bits per heavy atom. The maximum Gasteiger partial charge on any atom is 0.161 e. The maximum absolute atomic E-state index is 5.73. The summed E-state index contributed by atoms with van der Waals surface area (Å²) in [6.07, 6.45) is 0. The van der Waals surface area contributed by atoms with Gasteiger partial charge in [-0.15, -0.1) is 0 Å². The molecular weight excluding hydrogens is 328 g/mol. The van der Waals surface area contributed by atoms with Crippen molar-refractivity contribution in [3.05, 3.63) is 53.6 Å². The van der Waals surface area contributed by atoms with Crippen molar-refractivity contribution >= 4 is 0 Å². The van der Waals surface area contributed by atoms with Crippen LogP contribution in [0, 0.1) is 0 Å². The third-order valence-electron chi connectivity index (χ3n) is 4.72. The molecule has 1 aliphatic heterocycles. The lowest BCUT2D eigenvalue weighted by Crippen LogP contribution is -2.45. The first kappa shape index (κ1) is 18.5. The monoisotopic (exact) mass is 356 g/mol. The molecule has 0 radical (unpaired) electrons. The van der Waals surface area contributed by atoms with Crippen LogP contribution in [0.2, 0.25) is 0 Å².